The molecule has 1 aromatic heterocycles. The zero-order valence-electron chi connectivity index (χ0n) is 17.8. The van der Waals surface area contributed by atoms with Gasteiger partial charge in [-0.2, -0.15) is 5.10 Å². The number of nitrogens with zero attached hydrogens (tertiary/aromatic N) is 3. The van der Waals surface area contributed by atoms with E-state index in [-0.39, 0.29) is 45.7 Å². The summed E-state index contributed by atoms with van der Waals surface area (Å²) in [5.74, 6) is -1.83. The Labute approximate surface area is 197 Å². The van der Waals surface area contributed by atoms with Crippen molar-refractivity contribution in [2.24, 2.45) is 0 Å². The molecule has 0 aliphatic carbocycles. The average molecular weight is 489 g/mol. The zero-order valence-corrected chi connectivity index (χ0v) is 18.6. The lowest BCUT2D eigenvalue weighted by Gasteiger charge is -2.09. The molecule has 0 aliphatic rings. The molecule has 2 aromatic carbocycles. The first-order valence-electron chi connectivity index (χ1n) is 9.45. The number of carbonyl (C=O) groups excluding carboxylic acids is 3. The zero-order chi connectivity index (χ0) is 24.8. The van der Waals surface area contributed by atoms with Crippen LogP contribution in [0.3, 0.4) is 0 Å². The summed E-state index contributed by atoms with van der Waals surface area (Å²) in [6.07, 6.45) is 1.47. The molecule has 0 bridgehead atoms. The number of non-ortho nitro benzene ring substituents is 1. The monoisotopic (exact) mass is 488 g/mol. The summed E-state index contributed by atoms with van der Waals surface area (Å²) < 4.78 is 16.1. The average Bonchev–Trinajstić information content (AvgIpc) is 3.31. The number of ether oxygens (including phenoxy) is 3. The van der Waals surface area contributed by atoms with E-state index in [1.165, 1.54) is 61.5 Å². The molecule has 0 atom stereocenters. The molecule has 0 radical (unpaired) electrons. The molecule has 176 valence electrons. The van der Waals surface area contributed by atoms with Crippen LogP contribution >= 0.6 is 11.6 Å². The summed E-state index contributed by atoms with van der Waals surface area (Å²) in [7, 11) is 2.37. The van der Waals surface area contributed by atoms with Crippen LogP contribution in [-0.2, 0) is 16.2 Å². The SMILES string of the molecule is COC(=O)c1cc(NC(=O)c2ccn(COc3ccc([N+](=O)[O-])cc3Cl)n2)cc(C(=O)OC)c1. The summed E-state index contributed by atoms with van der Waals surface area (Å²) in [5, 5.41) is 17.5. The highest BCUT2D eigenvalue weighted by atomic mass is 35.5. The minimum Gasteiger partial charge on any atom is -0.470 e. The molecule has 0 fully saturated rings. The van der Waals surface area contributed by atoms with E-state index in [2.05, 4.69) is 19.9 Å². The second kappa shape index (κ2) is 10.4. The van der Waals surface area contributed by atoms with Crippen molar-refractivity contribution in [3.63, 3.8) is 0 Å². The van der Waals surface area contributed by atoms with Crippen LogP contribution in [0, 0.1) is 10.1 Å². The van der Waals surface area contributed by atoms with Gasteiger partial charge in [-0.3, -0.25) is 14.9 Å². The van der Waals surface area contributed by atoms with Gasteiger partial charge in [-0.25, -0.2) is 14.3 Å². The normalized spacial score (nSPS) is 10.3. The fourth-order valence-corrected chi connectivity index (χ4v) is 3.01. The van der Waals surface area contributed by atoms with Gasteiger partial charge in [0, 0.05) is 24.0 Å². The smallest absolute Gasteiger partial charge is 0.337 e. The number of methoxy groups -OCH3 is 2. The van der Waals surface area contributed by atoms with E-state index in [1.807, 2.05) is 0 Å². The van der Waals surface area contributed by atoms with Crippen molar-refractivity contribution in [3.05, 3.63) is 80.6 Å². The van der Waals surface area contributed by atoms with Crippen LogP contribution in [0.2, 0.25) is 5.02 Å². The number of amides is 1. The maximum Gasteiger partial charge on any atom is 0.337 e. The second-order valence-electron chi connectivity index (χ2n) is 6.62. The third-order valence-electron chi connectivity index (χ3n) is 4.38. The topological polar surface area (TPSA) is 152 Å². The minimum absolute atomic E-state index is 0.0153. The molecular weight excluding hydrogens is 472 g/mol. The Morgan fingerprint density at radius 1 is 1.06 bits per heavy atom. The van der Waals surface area contributed by atoms with Crippen molar-refractivity contribution < 1.29 is 33.5 Å². The standard InChI is InChI=1S/C21H17ClN4O8/c1-32-20(28)12-7-13(21(29)33-2)9-14(8-12)23-19(27)17-5-6-25(24-17)11-34-18-4-3-15(26(30)31)10-16(18)22/h3-10H,11H2,1-2H3,(H,23,27). The maximum atomic E-state index is 12.6. The molecule has 3 aromatic rings. The van der Waals surface area contributed by atoms with Gasteiger partial charge in [-0.05, 0) is 30.3 Å². The summed E-state index contributed by atoms with van der Waals surface area (Å²) in [4.78, 5) is 46.6. The number of hydrogen-bond acceptors (Lipinski definition) is 9. The van der Waals surface area contributed by atoms with Gasteiger partial charge in [-0.15, -0.1) is 0 Å². The number of nitro groups is 1. The number of halogens is 1. The third-order valence-corrected chi connectivity index (χ3v) is 4.68. The molecule has 3 rings (SSSR count). The summed E-state index contributed by atoms with van der Waals surface area (Å²) >= 11 is 5.99. The van der Waals surface area contributed by atoms with Crippen LogP contribution in [0.5, 0.6) is 5.75 Å². The van der Waals surface area contributed by atoms with Crippen LogP contribution in [0.4, 0.5) is 11.4 Å². The Kier molecular flexibility index (Phi) is 7.43. The number of esters is 2. The minimum atomic E-state index is -0.701. The van der Waals surface area contributed by atoms with E-state index in [4.69, 9.17) is 16.3 Å². The van der Waals surface area contributed by atoms with E-state index in [0.717, 1.165) is 6.07 Å². The van der Waals surface area contributed by atoms with Crippen LogP contribution in [-0.4, -0.2) is 46.8 Å². The van der Waals surface area contributed by atoms with Gasteiger partial charge >= 0.3 is 11.9 Å². The number of hydrogen-bond donors (Lipinski definition) is 1. The van der Waals surface area contributed by atoms with E-state index in [0.29, 0.717) is 0 Å². The Balaban J connectivity index is 1.71. The van der Waals surface area contributed by atoms with Crippen LogP contribution < -0.4 is 10.1 Å². The first-order chi connectivity index (χ1) is 16.2. The molecule has 12 nitrogen and oxygen atoms in total. The fourth-order valence-electron chi connectivity index (χ4n) is 2.78. The number of rotatable bonds is 8. The predicted molar refractivity (Wildman–Crippen MR) is 118 cm³/mol. The Morgan fingerprint density at radius 2 is 1.71 bits per heavy atom. The first kappa shape index (κ1) is 24.2. The molecule has 0 saturated carbocycles. The molecule has 1 amide bonds. The van der Waals surface area contributed by atoms with E-state index < -0.39 is 22.8 Å². The van der Waals surface area contributed by atoms with Gasteiger partial charge < -0.3 is 19.5 Å². The third kappa shape index (κ3) is 5.66. The molecule has 0 saturated heterocycles. The predicted octanol–water partition coefficient (Wildman–Crippen LogP) is 3.31. The molecule has 1 heterocycles. The van der Waals surface area contributed by atoms with Crippen molar-refractivity contribution in [2.45, 2.75) is 6.73 Å². The number of carbonyl (C=O) groups is 3. The van der Waals surface area contributed by atoms with Crippen molar-refractivity contribution in [1.82, 2.24) is 9.78 Å². The van der Waals surface area contributed by atoms with E-state index in [9.17, 15) is 24.5 Å². The van der Waals surface area contributed by atoms with Crippen molar-refractivity contribution in [3.8, 4) is 5.75 Å². The van der Waals surface area contributed by atoms with Gasteiger partial charge in [0.25, 0.3) is 11.6 Å². The molecule has 34 heavy (non-hydrogen) atoms. The molecule has 1 N–H and O–H groups in total. The van der Waals surface area contributed by atoms with Gasteiger partial charge in [-0.1, -0.05) is 11.6 Å². The first-order valence-corrected chi connectivity index (χ1v) is 9.83. The van der Waals surface area contributed by atoms with E-state index >= 15 is 0 Å². The number of anilines is 1. The largest absolute Gasteiger partial charge is 0.470 e. The molecular formula is C21H17ClN4O8. The van der Waals surface area contributed by atoms with Gasteiger partial charge in [0.1, 0.15) is 5.75 Å². The lowest BCUT2D eigenvalue weighted by molar-refractivity contribution is -0.384. The number of benzene rings is 2. The molecule has 0 unspecified atom stereocenters. The summed E-state index contributed by atoms with van der Waals surface area (Å²) in [5.41, 5.74) is 0.0690. The Bertz CT molecular complexity index is 1240. The Morgan fingerprint density at radius 3 is 2.26 bits per heavy atom. The van der Waals surface area contributed by atoms with Crippen molar-refractivity contribution in [1.29, 1.82) is 0 Å². The van der Waals surface area contributed by atoms with Crippen LogP contribution in [0.25, 0.3) is 0 Å². The van der Waals surface area contributed by atoms with Crippen molar-refractivity contribution >= 4 is 40.8 Å². The Hall–Kier alpha value is -4.45. The van der Waals surface area contributed by atoms with Crippen LogP contribution in [0.15, 0.2) is 48.7 Å². The number of aromatic nitrogens is 2. The summed E-state index contributed by atoms with van der Waals surface area (Å²) in [6.45, 7) is -0.130. The highest BCUT2D eigenvalue weighted by Gasteiger charge is 2.17. The lowest BCUT2D eigenvalue weighted by Crippen LogP contribution is -2.16. The number of nitro benzene ring substituents is 1. The summed E-state index contributed by atoms with van der Waals surface area (Å²) in [6, 6.07) is 9.13. The highest BCUT2D eigenvalue weighted by molar-refractivity contribution is 6.32. The van der Waals surface area contributed by atoms with Crippen molar-refractivity contribution in [2.75, 3.05) is 19.5 Å². The lowest BCUT2D eigenvalue weighted by atomic mass is 10.1. The molecule has 0 aliphatic heterocycles. The van der Waals surface area contributed by atoms with Gasteiger partial charge in [0.15, 0.2) is 12.4 Å². The highest BCUT2D eigenvalue weighted by Crippen LogP contribution is 2.28. The van der Waals surface area contributed by atoms with Gasteiger partial charge in [0.05, 0.1) is 35.3 Å². The second-order valence-corrected chi connectivity index (χ2v) is 7.03. The quantitative estimate of drug-likeness (QED) is 0.286. The molecule has 13 heteroatoms. The van der Waals surface area contributed by atoms with Gasteiger partial charge in [0.2, 0.25) is 0 Å². The maximum absolute atomic E-state index is 12.6. The van der Waals surface area contributed by atoms with E-state index in [1.54, 1.807) is 0 Å². The number of nitrogens with one attached hydrogen (secondary N) is 1. The fraction of sp³-hybridized carbons (Fsp3) is 0.143. The van der Waals surface area contributed by atoms with Crippen LogP contribution in [0.1, 0.15) is 31.2 Å². The molecule has 0 spiro atoms.